The lowest BCUT2D eigenvalue weighted by molar-refractivity contribution is -0.141. The SMILES string of the molecule is CN(CC(F)F)C(=O)C1(CN)CCCC1.Cl. The Morgan fingerprint density at radius 3 is 2.31 bits per heavy atom. The summed E-state index contributed by atoms with van der Waals surface area (Å²) in [5.41, 5.74) is 5.04. The largest absolute Gasteiger partial charge is 0.340 e. The number of nitrogens with two attached hydrogens (primary N) is 1. The van der Waals surface area contributed by atoms with Crippen molar-refractivity contribution in [2.24, 2.45) is 11.1 Å². The van der Waals surface area contributed by atoms with Gasteiger partial charge < -0.3 is 10.6 Å². The number of nitrogens with zero attached hydrogens (tertiary/aromatic N) is 1. The van der Waals surface area contributed by atoms with E-state index >= 15 is 0 Å². The van der Waals surface area contributed by atoms with Crippen molar-refractivity contribution >= 4 is 18.3 Å². The molecule has 0 bridgehead atoms. The average Bonchev–Trinajstić information content (AvgIpc) is 2.65. The summed E-state index contributed by atoms with van der Waals surface area (Å²) in [6.45, 7) is -0.236. The fourth-order valence-corrected chi connectivity index (χ4v) is 2.25. The van der Waals surface area contributed by atoms with Crippen LogP contribution in [0.5, 0.6) is 0 Å². The molecule has 16 heavy (non-hydrogen) atoms. The Morgan fingerprint density at radius 2 is 1.94 bits per heavy atom. The average molecular weight is 257 g/mol. The van der Waals surface area contributed by atoms with Crippen molar-refractivity contribution in [1.29, 1.82) is 0 Å². The number of hydrogen-bond acceptors (Lipinski definition) is 2. The minimum absolute atomic E-state index is 0. The van der Waals surface area contributed by atoms with Crippen LogP contribution in [0.2, 0.25) is 0 Å². The maximum absolute atomic E-state index is 12.1. The van der Waals surface area contributed by atoms with E-state index in [4.69, 9.17) is 5.73 Å². The van der Waals surface area contributed by atoms with E-state index in [1.54, 1.807) is 0 Å². The molecule has 1 aliphatic rings. The molecule has 0 heterocycles. The van der Waals surface area contributed by atoms with Crippen LogP contribution < -0.4 is 5.73 Å². The van der Waals surface area contributed by atoms with E-state index in [-0.39, 0.29) is 24.9 Å². The summed E-state index contributed by atoms with van der Waals surface area (Å²) in [6, 6.07) is 0. The second-order valence-corrected chi connectivity index (χ2v) is 4.27. The predicted octanol–water partition coefficient (Wildman–Crippen LogP) is 1.65. The summed E-state index contributed by atoms with van der Waals surface area (Å²) in [5, 5.41) is 0. The van der Waals surface area contributed by atoms with Crippen LogP contribution in [0.3, 0.4) is 0 Å². The first kappa shape index (κ1) is 15.6. The number of rotatable bonds is 4. The third kappa shape index (κ3) is 3.28. The number of carbonyl (C=O) groups is 1. The highest BCUT2D eigenvalue weighted by atomic mass is 35.5. The van der Waals surface area contributed by atoms with Gasteiger partial charge >= 0.3 is 0 Å². The monoisotopic (exact) mass is 256 g/mol. The van der Waals surface area contributed by atoms with Crippen molar-refractivity contribution in [3.8, 4) is 0 Å². The Kier molecular flexibility index (Phi) is 6.18. The van der Waals surface area contributed by atoms with Crippen LogP contribution in [-0.4, -0.2) is 37.4 Å². The van der Waals surface area contributed by atoms with Gasteiger partial charge in [-0.15, -0.1) is 12.4 Å². The van der Waals surface area contributed by atoms with Crippen LogP contribution in [0, 0.1) is 5.41 Å². The first-order valence-electron chi connectivity index (χ1n) is 5.25. The van der Waals surface area contributed by atoms with E-state index in [0.717, 1.165) is 30.6 Å². The van der Waals surface area contributed by atoms with Gasteiger partial charge in [0.25, 0.3) is 6.43 Å². The lowest BCUT2D eigenvalue weighted by Crippen LogP contribution is -2.46. The van der Waals surface area contributed by atoms with Gasteiger partial charge in [0.05, 0.1) is 12.0 Å². The summed E-state index contributed by atoms with van der Waals surface area (Å²) < 4.78 is 24.3. The molecule has 0 aromatic rings. The Labute approximate surface area is 101 Å². The fraction of sp³-hybridized carbons (Fsp3) is 0.900. The molecule has 1 aliphatic carbocycles. The van der Waals surface area contributed by atoms with Crippen molar-refractivity contribution < 1.29 is 13.6 Å². The van der Waals surface area contributed by atoms with Gasteiger partial charge in [0.2, 0.25) is 5.91 Å². The molecule has 0 radical (unpaired) electrons. The number of hydrogen-bond donors (Lipinski definition) is 1. The van der Waals surface area contributed by atoms with Crippen molar-refractivity contribution in [1.82, 2.24) is 4.90 Å². The Hall–Kier alpha value is -0.420. The van der Waals surface area contributed by atoms with Gasteiger partial charge in [-0.3, -0.25) is 4.79 Å². The van der Waals surface area contributed by atoms with E-state index in [1.165, 1.54) is 7.05 Å². The molecule has 3 nitrogen and oxygen atoms in total. The zero-order valence-corrected chi connectivity index (χ0v) is 10.2. The number of halogens is 3. The van der Waals surface area contributed by atoms with E-state index < -0.39 is 18.4 Å². The van der Waals surface area contributed by atoms with Gasteiger partial charge in [-0.2, -0.15) is 0 Å². The van der Waals surface area contributed by atoms with Gasteiger partial charge in [0.1, 0.15) is 0 Å². The van der Waals surface area contributed by atoms with Crippen molar-refractivity contribution in [3.63, 3.8) is 0 Å². The molecule has 0 aromatic carbocycles. The molecule has 2 N–H and O–H groups in total. The Bertz CT molecular complexity index is 233. The highest BCUT2D eigenvalue weighted by Crippen LogP contribution is 2.38. The molecule has 1 amide bonds. The second kappa shape index (κ2) is 6.35. The zero-order chi connectivity index (χ0) is 11.5. The molecule has 1 rings (SSSR count). The summed E-state index contributed by atoms with van der Waals surface area (Å²) in [6.07, 6.45) is 0.915. The standard InChI is InChI=1S/C10H18F2N2O.ClH/c1-14(6-8(11)12)9(15)10(7-13)4-2-3-5-10;/h8H,2-7,13H2,1H3;1H. The molecule has 0 aromatic heterocycles. The van der Waals surface area contributed by atoms with Crippen LogP contribution in [0.15, 0.2) is 0 Å². The molecule has 0 saturated heterocycles. The van der Waals surface area contributed by atoms with Crippen LogP contribution in [-0.2, 0) is 4.79 Å². The maximum Gasteiger partial charge on any atom is 0.255 e. The normalized spacial score (nSPS) is 18.3. The first-order valence-corrected chi connectivity index (χ1v) is 5.25. The first-order chi connectivity index (χ1) is 7.02. The molecule has 0 unspecified atom stereocenters. The van der Waals surface area contributed by atoms with Gasteiger partial charge in [0, 0.05) is 13.6 Å². The number of carbonyl (C=O) groups excluding carboxylic acids is 1. The van der Waals surface area contributed by atoms with E-state index in [0.29, 0.717) is 0 Å². The molecular weight excluding hydrogens is 238 g/mol. The molecule has 0 aliphatic heterocycles. The minimum atomic E-state index is -2.48. The summed E-state index contributed by atoms with van der Waals surface area (Å²) in [7, 11) is 1.42. The topological polar surface area (TPSA) is 46.3 Å². The highest BCUT2D eigenvalue weighted by Gasteiger charge is 2.41. The minimum Gasteiger partial charge on any atom is -0.340 e. The third-order valence-electron chi connectivity index (χ3n) is 3.16. The lowest BCUT2D eigenvalue weighted by Gasteiger charge is -2.31. The molecule has 0 spiro atoms. The molecular formula is C10H19ClF2N2O. The van der Waals surface area contributed by atoms with E-state index in [1.807, 2.05) is 0 Å². The van der Waals surface area contributed by atoms with Crippen LogP contribution >= 0.6 is 12.4 Å². The molecule has 96 valence electrons. The van der Waals surface area contributed by atoms with Crippen LogP contribution in [0.1, 0.15) is 25.7 Å². The second-order valence-electron chi connectivity index (χ2n) is 4.27. The zero-order valence-electron chi connectivity index (χ0n) is 9.42. The molecule has 0 atom stereocenters. The van der Waals surface area contributed by atoms with E-state index in [2.05, 4.69) is 0 Å². The third-order valence-corrected chi connectivity index (χ3v) is 3.16. The maximum atomic E-state index is 12.1. The molecule has 1 saturated carbocycles. The lowest BCUT2D eigenvalue weighted by atomic mass is 9.85. The fourth-order valence-electron chi connectivity index (χ4n) is 2.25. The van der Waals surface area contributed by atoms with Gasteiger partial charge in [-0.05, 0) is 12.8 Å². The summed E-state index contributed by atoms with van der Waals surface area (Å²) in [4.78, 5) is 13.1. The van der Waals surface area contributed by atoms with Crippen molar-refractivity contribution in [3.05, 3.63) is 0 Å². The van der Waals surface area contributed by atoms with Crippen LogP contribution in [0.4, 0.5) is 8.78 Å². The predicted molar refractivity (Wildman–Crippen MR) is 60.8 cm³/mol. The van der Waals surface area contributed by atoms with Crippen LogP contribution in [0.25, 0.3) is 0 Å². The molecule has 1 fully saturated rings. The summed E-state index contributed by atoms with van der Waals surface area (Å²) in [5.74, 6) is -0.220. The van der Waals surface area contributed by atoms with Crippen molar-refractivity contribution in [2.45, 2.75) is 32.1 Å². The van der Waals surface area contributed by atoms with E-state index in [9.17, 15) is 13.6 Å². The quantitative estimate of drug-likeness (QED) is 0.831. The van der Waals surface area contributed by atoms with Gasteiger partial charge in [-0.25, -0.2) is 8.78 Å². The Morgan fingerprint density at radius 1 is 1.44 bits per heavy atom. The number of amides is 1. The molecule has 6 heteroatoms. The summed E-state index contributed by atoms with van der Waals surface area (Å²) >= 11 is 0. The van der Waals surface area contributed by atoms with Crippen molar-refractivity contribution in [2.75, 3.05) is 20.1 Å². The van der Waals surface area contributed by atoms with Gasteiger partial charge in [-0.1, -0.05) is 12.8 Å². The van der Waals surface area contributed by atoms with Gasteiger partial charge in [0.15, 0.2) is 0 Å². The highest BCUT2D eigenvalue weighted by molar-refractivity contribution is 5.85. The number of alkyl halides is 2. The Balaban J connectivity index is 0.00000225. The smallest absolute Gasteiger partial charge is 0.255 e.